The molecular formula is C17H23N3O3S. The third kappa shape index (κ3) is 2.73. The maximum absolute atomic E-state index is 12.8. The van der Waals surface area contributed by atoms with E-state index in [0.29, 0.717) is 32.1 Å². The first-order valence-electron chi connectivity index (χ1n) is 8.74. The first-order chi connectivity index (χ1) is 11.6. The van der Waals surface area contributed by atoms with Crippen LogP contribution in [0.15, 0.2) is 29.4 Å². The normalized spacial score (nSPS) is 30.7. The van der Waals surface area contributed by atoms with Crippen molar-refractivity contribution in [3.8, 4) is 0 Å². The highest BCUT2D eigenvalue weighted by Crippen LogP contribution is 2.48. The molecule has 1 amide bonds. The molecule has 1 aromatic rings. The summed E-state index contributed by atoms with van der Waals surface area (Å²) in [6, 6.07) is 3.19. The molecule has 2 bridgehead atoms. The molecule has 0 radical (unpaired) electrons. The standard InChI is InChI=1S/C17H23N3O3S/c21-17(16-11-13-3-4-14(16)10-13)19-6-8-20(9-7-19)24(22,23)15-2-1-5-18-12-15/h1-2,5,12-14,16H,3-4,6-11H2/t13-,14-,16-/m0/s1. The minimum Gasteiger partial charge on any atom is -0.340 e. The Kier molecular flexibility index (Phi) is 4.08. The summed E-state index contributed by atoms with van der Waals surface area (Å²) in [5.74, 6) is 1.75. The van der Waals surface area contributed by atoms with Crippen LogP contribution in [0.3, 0.4) is 0 Å². The van der Waals surface area contributed by atoms with Gasteiger partial charge in [0.2, 0.25) is 15.9 Å². The largest absolute Gasteiger partial charge is 0.340 e. The van der Waals surface area contributed by atoms with Crippen molar-refractivity contribution in [1.82, 2.24) is 14.2 Å². The molecule has 1 saturated heterocycles. The fourth-order valence-corrected chi connectivity index (χ4v) is 5.97. The fraction of sp³-hybridized carbons (Fsp3) is 0.647. The number of fused-ring (bicyclic) bond motifs is 2. The maximum atomic E-state index is 12.8. The smallest absolute Gasteiger partial charge is 0.244 e. The van der Waals surface area contributed by atoms with Crippen molar-refractivity contribution in [2.75, 3.05) is 26.2 Å². The molecule has 0 N–H and O–H groups in total. The van der Waals surface area contributed by atoms with E-state index in [2.05, 4.69) is 4.98 Å². The average Bonchev–Trinajstić information content (AvgIpc) is 3.25. The van der Waals surface area contributed by atoms with Gasteiger partial charge in [-0.3, -0.25) is 9.78 Å². The predicted molar refractivity (Wildman–Crippen MR) is 88.5 cm³/mol. The zero-order valence-corrected chi connectivity index (χ0v) is 14.5. The van der Waals surface area contributed by atoms with Gasteiger partial charge in [-0.15, -0.1) is 0 Å². The van der Waals surface area contributed by atoms with E-state index in [1.807, 2.05) is 4.90 Å². The van der Waals surface area contributed by atoms with Gasteiger partial charge in [-0.25, -0.2) is 8.42 Å². The maximum Gasteiger partial charge on any atom is 0.244 e. The summed E-state index contributed by atoms with van der Waals surface area (Å²) in [6.45, 7) is 1.71. The van der Waals surface area contributed by atoms with Gasteiger partial charge in [0.15, 0.2) is 0 Å². The zero-order chi connectivity index (χ0) is 16.7. The van der Waals surface area contributed by atoms with E-state index in [-0.39, 0.29) is 16.7 Å². The summed E-state index contributed by atoms with van der Waals surface area (Å²) in [5, 5.41) is 0. The van der Waals surface area contributed by atoms with Gasteiger partial charge in [-0.1, -0.05) is 6.42 Å². The lowest BCUT2D eigenvalue weighted by Crippen LogP contribution is -2.52. The van der Waals surface area contributed by atoms with Gasteiger partial charge < -0.3 is 4.90 Å². The Labute approximate surface area is 142 Å². The second kappa shape index (κ2) is 6.11. The number of sulfonamides is 1. The van der Waals surface area contributed by atoms with E-state index >= 15 is 0 Å². The number of carbonyl (C=O) groups is 1. The number of amides is 1. The van der Waals surface area contributed by atoms with Crippen LogP contribution in [0.2, 0.25) is 0 Å². The van der Waals surface area contributed by atoms with E-state index in [1.54, 1.807) is 18.3 Å². The van der Waals surface area contributed by atoms with Gasteiger partial charge in [0, 0.05) is 44.5 Å². The molecule has 7 heteroatoms. The van der Waals surface area contributed by atoms with Crippen LogP contribution in [0.4, 0.5) is 0 Å². The van der Waals surface area contributed by atoms with Gasteiger partial charge in [-0.05, 0) is 43.2 Å². The summed E-state index contributed by atoms with van der Waals surface area (Å²) in [7, 11) is -3.51. The van der Waals surface area contributed by atoms with Crippen LogP contribution in [-0.4, -0.2) is 54.7 Å². The highest BCUT2D eigenvalue weighted by molar-refractivity contribution is 7.89. The SMILES string of the molecule is O=C([C@H]1C[C@H]2CC[C@H]1C2)N1CCN(S(=O)(=O)c2cccnc2)CC1. The molecule has 0 unspecified atom stereocenters. The molecule has 0 spiro atoms. The second-order valence-electron chi connectivity index (χ2n) is 7.20. The van der Waals surface area contributed by atoms with Crippen molar-refractivity contribution in [2.45, 2.75) is 30.6 Å². The summed E-state index contributed by atoms with van der Waals surface area (Å²) < 4.78 is 26.7. The molecule has 1 aromatic heterocycles. The third-order valence-corrected chi connectivity index (χ3v) is 7.76. The minimum atomic E-state index is -3.51. The topological polar surface area (TPSA) is 70.6 Å². The number of hydrogen-bond acceptors (Lipinski definition) is 4. The molecule has 6 nitrogen and oxygen atoms in total. The number of nitrogens with zero attached hydrogens (tertiary/aromatic N) is 3. The first-order valence-corrected chi connectivity index (χ1v) is 10.2. The Hall–Kier alpha value is -1.47. The van der Waals surface area contributed by atoms with Crippen LogP contribution in [0, 0.1) is 17.8 Å². The Morgan fingerprint density at radius 2 is 1.92 bits per heavy atom. The number of piperazine rings is 1. The first kappa shape index (κ1) is 16.0. The predicted octanol–water partition coefficient (Wildman–Crippen LogP) is 1.35. The molecule has 130 valence electrons. The van der Waals surface area contributed by atoms with E-state index in [9.17, 15) is 13.2 Å². The van der Waals surface area contributed by atoms with E-state index < -0.39 is 10.0 Å². The van der Waals surface area contributed by atoms with Gasteiger partial charge >= 0.3 is 0 Å². The number of pyridine rings is 1. The molecule has 0 aromatic carbocycles. The van der Waals surface area contributed by atoms with Crippen molar-refractivity contribution in [3.63, 3.8) is 0 Å². The van der Waals surface area contributed by atoms with E-state index in [0.717, 1.165) is 12.3 Å². The van der Waals surface area contributed by atoms with Crippen molar-refractivity contribution < 1.29 is 13.2 Å². The molecular weight excluding hydrogens is 326 g/mol. The van der Waals surface area contributed by atoms with Crippen molar-refractivity contribution in [1.29, 1.82) is 0 Å². The Morgan fingerprint density at radius 3 is 2.50 bits per heavy atom. The Balaban J connectivity index is 1.39. The van der Waals surface area contributed by atoms with Crippen molar-refractivity contribution >= 4 is 15.9 Å². The molecule has 4 rings (SSSR count). The van der Waals surface area contributed by atoms with Crippen LogP contribution in [0.25, 0.3) is 0 Å². The Bertz CT molecular complexity index is 714. The van der Waals surface area contributed by atoms with E-state index in [4.69, 9.17) is 0 Å². The average molecular weight is 349 g/mol. The van der Waals surface area contributed by atoms with Crippen molar-refractivity contribution in [2.24, 2.45) is 17.8 Å². The third-order valence-electron chi connectivity index (χ3n) is 5.88. The molecule has 1 aliphatic heterocycles. The lowest BCUT2D eigenvalue weighted by molar-refractivity contribution is -0.138. The highest BCUT2D eigenvalue weighted by atomic mass is 32.2. The highest BCUT2D eigenvalue weighted by Gasteiger charge is 2.45. The summed E-state index contributed by atoms with van der Waals surface area (Å²) in [4.78, 5) is 18.8. The van der Waals surface area contributed by atoms with Crippen LogP contribution in [-0.2, 0) is 14.8 Å². The number of carbonyl (C=O) groups excluding carboxylic acids is 1. The van der Waals surface area contributed by atoms with E-state index in [1.165, 1.54) is 29.8 Å². The fourth-order valence-electron chi connectivity index (χ4n) is 4.58. The molecule has 2 aliphatic carbocycles. The lowest BCUT2D eigenvalue weighted by Gasteiger charge is -2.36. The molecule has 3 aliphatic rings. The molecule has 2 saturated carbocycles. The Morgan fingerprint density at radius 1 is 1.12 bits per heavy atom. The molecule has 2 heterocycles. The second-order valence-corrected chi connectivity index (χ2v) is 9.14. The summed E-state index contributed by atoms with van der Waals surface area (Å²) >= 11 is 0. The minimum absolute atomic E-state index is 0.185. The number of aromatic nitrogens is 1. The van der Waals surface area contributed by atoms with Crippen LogP contribution in [0.1, 0.15) is 25.7 Å². The summed E-state index contributed by atoms with van der Waals surface area (Å²) in [6.07, 6.45) is 7.67. The van der Waals surface area contributed by atoms with Gasteiger partial charge in [-0.2, -0.15) is 4.31 Å². The molecule has 3 atom stereocenters. The van der Waals surface area contributed by atoms with Gasteiger partial charge in [0.1, 0.15) is 4.90 Å². The number of hydrogen-bond donors (Lipinski definition) is 0. The monoisotopic (exact) mass is 349 g/mol. The number of rotatable bonds is 3. The quantitative estimate of drug-likeness (QED) is 0.826. The molecule has 3 fully saturated rings. The van der Waals surface area contributed by atoms with Crippen LogP contribution < -0.4 is 0 Å². The summed E-state index contributed by atoms with van der Waals surface area (Å²) in [5.41, 5.74) is 0. The molecule has 24 heavy (non-hydrogen) atoms. The van der Waals surface area contributed by atoms with Crippen molar-refractivity contribution in [3.05, 3.63) is 24.5 Å². The van der Waals surface area contributed by atoms with Crippen LogP contribution in [0.5, 0.6) is 0 Å². The lowest BCUT2D eigenvalue weighted by atomic mass is 9.87. The zero-order valence-electron chi connectivity index (χ0n) is 13.7. The van der Waals surface area contributed by atoms with Gasteiger partial charge in [0.05, 0.1) is 0 Å². The van der Waals surface area contributed by atoms with Crippen LogP contribution >= 0.6 is 0 Å². The van der Waals surface area contributed by atoms with Gasteiger partial charge in [0.25, 0.3) is 0 Å².